The van der Waals surface area contributed by atoms with Crippen LogP contribution < -0.4 is 5.43 Å². The smallest absolute Gasteiger partial charge is 0.113 e. The Morgan fingerprint density at radius 3 is 2.86 bits per heavy atom. The van der Waals surface area contributed by atoms with Gasteiger partial charge in [-0.2, -0.15) is 0 Å². The molecule has 38 valence electrons. The number of hydrazine groups is 1. The van der Waals surface area contributed by atoms with Crippen LogP contribution in [0.4, 0.5) is 0 Å². The maximum absolute atomic E-state index is 3.22. The van der Waals surface area contributed by atoms with E-state index < -0.39 is 0 Å². The molecule has 1 N–H and O–H groups in total. The fraction of sp³-hybridized carbons (Fsp3) is 0.250. The third-order valence-corrected chi connectivity index (χ3v) is 1.07. The molecular weight excluding hydrogens is 156 g/mol. The molecule has 1 rings (SSSR count). The summed E-state index contributed by atoms with van der Waals surface area (Å²) in [5.74, 6) is 0. The Labute approximate surface area is 51.3 Å². The van der Waals surface area contributed by atoms with Crippen LogP contribution in [0.2, 0.25) is 0 Å². The number of nitrogens with one attached hydrogen (secondary N) is 1. The molecule has 0 atom stereocenters. The summed E-state index contributed by atoms with van der Waals surface area (Å²) in [6.45, 7) is 2.88. The van der Waals surface area contributed by atoms with Gasteiger partial charge < -0.3 is 5.43 Å². The van der Waals surface area contributed by atoms with E-state index in [1.54, 1.807) is 5.01 Å². The highest BCUT2D eigenvalue weighted by Crippen LogP contribution is 2.08. The molecule has 7 heavy (non-hydrogen) atoms. The van der Waals surface area contributed by atoms with Crippen LogP contribution in [0.25, 0.3) is 0 Å². The molecule has 1 aliphatic rings. The van der Waals surface area contributed by atoms with Gasteiger partial charge in [0.15, 0.2) is 0 Å². The van der Waals surface area contributed by atoms with Crippen molar-refractivity contribution in [3.63, 3.8) is 0 Å². The molecule has 0 unspecified atom stereocenters. The minimum atomic E-state index is 0.954. The van der Waals surface area contributed by atoms with Crippen molar-refractivity contribution in [2.75, 3.05) is 7.05 Å². The number of rotatable bonds is 0. The van der Waals surface area contributed by atoms with Gasteiger partial charge in [-0.25, -0.2) is 5.01 Å². The van der Waals surface area contributed by atoms with E-state index in [2.05, 4.69) is 27.9 Å². The van der Waals surface area contributed by atoms with Gasteiger partial charge in [0.1, 0.15) is 6.54 Å². The third kappa shape index (κ3) is 1.17. The van der Waals surface area contributed by atoms with Crippen molar-refractivity contribution in [1.82, 2.24) is 10.4 Å². The summed E-state index contributed by atoms with van der Waals surface area (Å²) in [7, 11) is 1.88. The van der Waals surface area contributed by atoms with Gasteiger partial charge in [-0.05, 0) is 22.0 Å². The van der Waals surface area contributed by atoms with Crippen molar-refractivity contribution in [3.05, 3.63) is 17.2 Å². The van der Waals surface area contributed by atoms with Crippen LogP contribution in [-0.2, 0) is 0 Å². The summed E-state index contributed by atoms with van der Waals surface area (Å²) in [5, 5.41) is 1.74. The maximum Gasteiger partial charge on any atom is 0.113 e. The van der Waals surface area contributed by atoms with Gasteiger partial charge in [-0.1, -0.05) is 0 Å². The predicted molar refractivity (Wildman–Crippen MR) is 31.2 cm³/mol. The monoisotopic (exact) mass is 160 g/mol. The zero-order chi connectivity index (χ0) is 5.28. The van der Waals surface area contributed by atoms with Gasteiger partial charge in [-0.15, -0.1) is 0 Å². The Bertz CT molecular complexity index is 99.9. The summed E-state index contributed by atoms with van der Waals surface area (Å²) < 4.78 is 0.954. The van der Waals surface area contributed by atoms with E-state index in [1.165, 1.54) is 0 Å². The molecule has 0 spiro atoms. The first-order valence-corrected chi connectivity index (χ1v) is 2.70. The molecule has 2 radical (unpaired) electrons. The largest absolute Gasteiger partial charge is 0.312 e. The lowest BCUT2D eigenvalue weighted by Gasteiger charge is -2.05. The number of likely N-dealkylation sites (N-methyl/N-ethyl adjacent to an activating group) is 1. The van der Waals surface area contributed by atoms with Crippen LogP contribution in [0.1, 0.15) is 0 Å². The Morgan fingerprint density at radius 2 is 2.71 bits per heavy atom. The Morgan fingerprint density at radius 1 is 2.00 bits per heavy atom. The van der Waals surface area contributed by atoms with Crippen molar-refractivity contribution < 1.29 is 0 Å². The van der Waals surface area contributed by atoms with E-state index in [0.717, 1.165) is 4.61 Å². The molecule has 1 aliphatic heterocycles. The molecule has 0 aromatic heterocycles. The highest BCUT2D eigenvalue weighted by Gasteiger charge is 2.04. The molecule has 2 nitrogen and oxygen atoms in total. The molecule has 0 saturated carbocycles. The number of hydrogen-bond donors (Lipinski definition) is 1. The maximum atomic E-state index is 3.22. The summed E-state index contributed by atoms with van der Waals surface area (Å²) in [6, 6.07) is 0. The first-order chi connectivity index (χ1) is 3.29. The lowest BCUT2D eigenvalue weighted by atomic mass is 10.6. The molecule has 1 heterocycles. The molecule has 0 aliphatic carbocycles. The van der Waals surface area contributed by atoms with Gasteiger partial charge in [0.05, 0.1) is 4.61 Å². The fourth-order valence-corrected chi connectivity index (χ4v) is 0.747. The second-order valence-electron chi connectivity index (χ2n) is 1.29. The minimum Gasteiger partial charge on any atom is -0.312 e. The zero-order valence-corrected chi connectivity index (χ0v) is 5.49. The van der Waals surface area contributed by atoms with Gasteiger partial charge >= 0.3 is 0 Å². The van der Waals surface area contributed by atoms with Gasteiger partial charge in [0.25, 0.3) is 0 Å². The number of halogens is 1. The van der Waals surface area contributed by atoms with Crippen molar-refractivity contribution in [1.29, 1.82) is 0 Å². The van der Waals surface area contributed by atoms with E-state index in [4.69, 9.17) is 0 Å². The lowest BCUT2D eigenvalue weighted by molar-refractivity contribution is 0.375. The topological polar surface area (TPSA) is 15.3 Å². The fourth-order valence-electron chi connectivity index (χ4n) is 0.378. The average molecular weight is 161 g/mol. The first kappa shape index (κ1) is 5.12. The van der Waals surface area contributed by atoms with Crippen molar-refractivity contribution in [3.8, 4) is 0 Å². The molecule has 0 amide bonds. The molecule has 0 aromatic carbocycles. The van der Waals surface area contributed by atoms with Crippen LogP contribution in [0.3, 0.4) is 0 Å². The predicted octanol–water partition coefficient (Wildman–Crippen LogP) is 0.711. The molecule has 0 saturated heterocycles. The summed E-state index contributed by atoms with van der Waals surface area (Å²) in [5.41, 5.74) is 2.92. The quantitative estimate of drug-likeness (QED) is 0.526. The highest BCUT2D eigenvalue weighted by atomic mass is 79.9. The molecular formula is C4H5BrN2. The average Bonchev–Trinajstić information content (AvgIpc) is 1.87. The standard InChI is InChI=1S/C4H5BrN2/c1-7-3-2-4(5)6-7/h2,6H,1H3. The van der Waals surface area contributed by atoms with Crippen LogP contribution >= 0.6 is 15.9 Å². The van der Waals surface area contributed by atoms with E-state index in [0.29, 0.717) is 0 Å². The third-order valence-electron chi connectivity index (χ3n) is 0.659. The molecule has 0 bridgehead atoms. The Hall–Kier alpha value is -0.0200. The lowest BCUT2D eigenvalue weighted by Crippen LogP contribution is -2.22. The van der Waals surface area contributed by atoms with Crippen molar-refractivity contribution >= 4 is 15.9 Å². The van der Waals surface area contributed by atoms with Crippen LogP contribution in [0, 0.1) is 6.54 Å². The molecule has 0 fully saturated rings. The summed E-state index contributed by atoms with van der Waals surface area (Å²) >= 11 is 3.22. The Balaban J connectivity index is 2.42. The second-order valence-corrected chi connectivity index (χ2v) is 2.15. The normalized spacial score (nSPS) is 21.7. The van der Waals surface area contributed by atoms with E-state index in [-0.39, 0.29) is 0 Å². The molecule has 0 aromatic rings. The van der Waals surface area contributed by atoms with E-state index in [1.807, 2.05) is 13.1 Å². The van der Waals surface area contributed by atoms with Crippen LogP contribution in [0.5, 0.6) is 0 Å². The van der Waals surface area contributed by atoms with Crippen molar-refractivity contribution in [2.45, 2.75) is 0 Å². The number of nitrogens with zero attached hydrogens (tertiary/aromatic N) is 1. The zero-order valence-electron chi connectivity index (χ0n) is 3.90. The van der Waals surface area contributed by atoms with Gasteiger partial charge in [0.2, 0.25) is 0 Å². The summed E-state index contributed by atoms with van der Waals surface area (Å²) in [6.07, 6.45) is 1.82. The number of hydrogen-bond acceptors (Lipinski definition) is 2. The highest BCUT2D eigenvalue weighted by molar-refractivity contribution is 9.11. The van der Waals surface area contributed by atoms with Crippen LogP contribution in [-0.4, -0.2) is 12.1 Å². The van der Waals surface area contributed by atoms with Crippen molar-refractivity contribution in [2.24, 2.45) is 0 Å². The second kappa shape index (κ2) is 1.84. The van der Waals surface area contributed by atoms with Gasteiger partial charge in [0, 0.05) is 7.05 Å². The summed E-state index contributed by atoms with van der Waals surface area (Å²) in [4.78, 5) is 0. The van der Waals surface area contributed by atoms with E-state index in [9.17, 15) is 0 Å². The minimum absolute atomic E-state index is 0.954. The van der Waals surface area contributed by atoms with Crippen LogP contribution in [0.15, 0.2) is 10.7 Å². The Kier molecular flexibility index (Phi) is 1.35. The first-order valence-electron chi connectivity index (χ1n) is 1.91. The SMILES string of the molecule is CN1[C]C=C(Br)N1. The molecule has 3 heteroatoms. The van der Waals surface area contributed by atoms with Gasteiger partial charge in [-0.3, -0.25) is 0 Å². The van der Waals surface area contributed by atoms with E-state index >= 15 is 0 Å².